The van der Waals surface area contributed by atoms with E-state index in [0.717, 1.165) is 11.1 Å². The van der Waals surface area contributed by atoms with Gasteiger partial charge in [-0.1, -0.05) is 24.3 Å². The monoisotopic (exact) mass is 233 g/mol. The molecule has 0 saturated heterocycles. The Bertz CT molecular complexity index is 428. The molecule has 0 spiro atoms. The van der Waals surface area contributed by atoms with Crippen LogP contribution in [-0.2, 0) is 16.0 Å². The van der Waals surface area contributed by atoms with Gasteiger partial charge in [0, 0.05) is 13.3 Å². The number of carbonyl (C=O) groups is 1. The quantitative estimate of drug-likeness (QED) is 0.752. The first-order valence-corrected chi connectivity index (χ1v) is 5.49. The Hall–Kier alpha value is -1.81. The first kappa shape index (κ1) is 11.7. The van der Waals surface area contributed by atoms with Crippen molar-refractivity contribution >= 4 is 12.2 Å². The molecule has 1 amide bonds. The molecule has 1 aromatic rings. The first-order chi connectivity index (χ1) is 8.31. The SMILES string of the molecule is COCCOC(=O)N1C=Cc2ccccc2C1. The van der Waals surface area contributed by atoms with Crippen molar-refractivity contribution < 1.29 is 14.3 Å². The van der Waals surface area contributed by atoms with Crippen molar-refractivity contribution in [3.63, 3.8) is 0 Å². The highest BCUT2D eigenvalue weighted by Crippen LogP contribution is 2.19. The predicted molar refractivity (Wildman–Crippen MR) is 64.2 cm³/mol. The standard InChI is InChI=1S/C13H15NO3/c1-16-8-9-17-13(15)14-7-6-11-4-2-3-5-12(11)10-14/h2-7H,8-10H2,1H3. The second-order valence-electron chi connectivity index (χ2n) is 3.75. The Balaban J connectivity index is 1.96. The van der Waals surface area contributed by atoms with Crippen LogP contribution in [0.25, 0.3) is 6.08 Å². The normalized spacial score (nSPS) is 13.4. The van der Waals surface area contributed by atoms with Gasteiger partial charge in [-0.2, -0.15) is 0 Å². The molecule has 0 aliphatic carbocycles. The minimum atomic E-state index is -0.340. The van der Waals surface area contributed by atoms with E-state index < -0.39 is 0 Å². The maximum Gasteiger partial charge on any atom is 0.414 e. The van der Waals surface area contributed by atoms with Gasteiger partial charge in [0.2, 0.25) is 0 Å². The zero-order valence-corrected chi connectivity index (χ0v) is 9.76. The lowest BCUT2D eigenvalue weighted by atomic mass is 10.1. The van der Waals surface area contributed by atoms with Gasteiger partial charge in [0.25, 0.3) is 0 Å². The smallest absolute Gasteiger partial charge is 0.414 e. The van der Waals surface area contributed by atoms with Gasteiger partial charge in [0.1, 0.15) is 6.61 Å². The molecule has 0 radical (unpaired) electrons. The molecule has 1 aliphatic rings. The third-order valence-corrected chi connectivity index (χ3v) is 2.58. The minimum Gasteiger partial charge on any atom is -0.447 e. The van der Waals surface area contributed by atoms with Crippen LogP contribution in [0.1, 0.15) is 11.1 Å². The number of carbonyl (C=O) groups excluding carboxylic acids is 1. The van der Waals surface area contributed by atoms with Crippen molar-refractivity contribution in [2.45, 2.75) is 6.54 Å². The minimum absolute atomic E-state index is 0.279. The molecule has 90 valence electrons. The number of hydrogen-bond donors (Lipinski definition) is 0. The fourth-order valence-corrected chi connectivity index (χ4v) is 1.67. The molecule has 0 bridgehead atoms. The lowest BCUT2D eigenvalue weighted by molar-refractivity contribution is 0.0797. The summed E-state index contributed by atoms with van der Waals surface area (Å²) < 4.78 is 9.87. The Labute approximate surface area is 100 Å². The van der Waals surface area contributed by atoms with Crippen LogP contribution in [0.15, 0.2) is 30.5 Å². The van der Waals surface area contributed by atoms with Gasteiger partial charge in [-0.25, -0.2) is 4.79 Å². The van der Waals surface area contributed by atoms with E-state index in [1.165, 1.54) is 0 Å². The molecule has 0 unspecified atom stereocenters. The van der Waals surface area contributed by atoms with Crippen LogP contribution in [0.5, 0.6) is 0 Å². The lowest BCUT2D eigenvalue weighted by Crippen LogP contribution is -2.28. The van der Waals surface area contributed by atoms with Gasteiger partial charge < -0.3 is 9.47 Å². The van der Waals surface area contributed by atoms with Crippen LogP contribution in [0.2, 0.25) is 0 Å². The summed E-state index contributed by atoms with van der Waals surface area (Å²) >= 11 is 0. The molecule has 1 aromatic carbocycles. The average Bonchev–Trinajstić information content (AvgIpc) is 2.38. The number of methoxy groups -OCH3 is 1. The summed E-state index contributed by atoms with van der Waals surface area (Å²) in [5, 5.41) is 0. The molecule has 0 saturated carbocycles. The topological polar surface area (TPSA) is 38.8 Å². The largest absolute Gasteiger partial charge is 0.447 e. The molecule has 1 heterocycles. The Morgan fingerprint density at radius 1 is 1.35 bits per heavy atom. The predicted octanol–water partition coefficient (Wildman–Crippen LogP) is 2.26. The van der Waals surface area contributed by atoms with E-state index in [1.54, 1.807) is 18.2 Å². The first-order valence-electron chi connectivity index (χ1n) is 5.49. The summed E-state index contributed by atoms with van der Waals surface area (Å²) in [5.74, 6) is 0. The Kier molecular flexibility index (Phi) is 3.77. The maximum atomic E-state index is 11.7. The van der Waals surface area contributed by atoms with Gasteiger partial charge >= 0.3 is 6.09 Å². The maximum absolute atomic E-state index is 11.7. The van der Waals surface area contributed by atoms with E-state index in [0.29, 0.717) is 13.2 Å². The zero-order valence-electron chi connectivity index (χ0n) is 9.76. The molecule has 4 nitrogen and oxygen atoms in total. The number of hydrogen-bond acceptors (Lipinski definition) is 3. The molecular weight excluding hydrogens is 218 g/mol. The van der Waals surface area contributed by atoms with Crippen LogP contribution in [0.4, 0.5) is 4.79 Å². The molecule has 2 rings (SSSR count). The van der Waals surface area contributed by atoms with E-state index in [-0.39, 0.29) is 12.7 Å². The summed E-state index contributed by atoms with van der Waals surface area (Å²) in [5.41, 5.74) is 2.27. The van der Waals surface area contributed by atoms with Gasteiger partial charge in [-0.05, 0) is 17.2 Å². The molecule has 0 fully saturated rings. The fraction of sp³-hybridized carbons (Fsp3) is 0.308. The highest BCUT2D eigenvalue weighted by molar-refractivity contribution is 5.72. The van der Waals surface area contributed by atoms with Crippen LogP contribution < -0.4 is 0 Å². The fourth-order valence-electron chi connectivity index (χ4n) is 1.67. The van der Waals surface area contributed by atoms with E-state index in [4.69, 9.17) is 9.47 Å². The molecule has 1 aliphatic heterocycles. The molecule has 4 heteroatoms. The van der Waals surface area contributed by atoms with Crippen molar-refractivity contribution in [1.82, 2.24) is 4.90 Å². The van der Waals surface area contributed by atoms with Gasteiger partial charge in [-0.3, -0.25) is 4.90 Å². The van der Waals surface area contributed by atoms with Crippen molar-refractivity contribution in [3.05, 3.63) is 41.6 Å². The Morgan fingerprint density at radius 3 is 3.00 bits per heavy atom. The number of nitrogens with zero attached hydrogens (tertiary/aromatic N) is 1. The van der Waals surface area contributed by atoms with Gasteiger partial charge in [0.15, 0.2) is 0 Å². The molecule has 0 aromatic heterocycles. The van der Waals surface area contributed by atoms with Crippen molar-refractivity contribution in [1.29, 1.82) is 0 Å². The van der Waals surface area contributed by atoms with Crippen molar-refractivity contribution in [3.8, 4) is 0 Å². The highest BCUT2D eigenvalue weighted by atomic mass is 16.6. The van der Waals surface area contributed by atoms with Gasteiger partial charge in [-0.15, -0.1) is 0 Å². The highest BCUT2D eigenvalue weighted by Gasteiger charge is 2.17. The summed E-state index contributed by atoms with van der Waals surface area (Å²) in [4.78, 5) is 13.2. The van der Waals surface area contributed by atoms with Crippen molar-refractivity contribution in [2.24, 2.45) is 0 Å². The summed E-state index contributed by atoms with van der Waals surface area (Å²) in [6.45, 7) is 1.25. The Morgan fingerprint density at radius 2 is 2.18 bits per heavy atom. The summed E-state index contributed by atoms with van der Waals surface area (Å²) in [7, 11) is 1.57. The zero-order chi connectivity index (χ0) is 12.1. The summed E-state index contributed by atoms with van der Waals surface area (Å²) in [6.07, 6.45) is 3.32. The third-order valence-electron chi connectivity index (χ3n) is 2.58. The van der Waals surface area contributed by atoms with E-state index in [2.05, 4.69) is 0 Å². The molecular formula is C13H15NO3. The average molecular weight is 233 g/mol. The second kappa shape index (κ2) is 5.50. The van der Waals surface area contributed by atoms with Crippen LogP contribution >= 0.6 is 0 Å². The molecule has 17 heavy (non-hydrogen) atoms. The number of ether oxygens (including phenoxy) is 2. The van der Waals surface area contributed by atoms with E-state index in [9.17, 15) is 4.79 Å². The molecule has 0 N–H and O–H groups in total. The number of fused-ring (bicyclic) bond motifs is 1. The van der Waals surface area contributed by atoms with Crippen LogP contribution in [-0.4, -0.2) is 31.3 Å². The van der Waals surface area contributed by atoms with E-state index >= 15 is 0 Å². The second-order valence-corrected chi connectivity index (χ2v) is 3.75. The van der Waals surface area contributed by atoms with Crippen molar-refractivity contribution in [2.75, 3.05) is 20.3 Å². The number of amides is 1. The molecule has 0 atom stereocenters. The van der Waals surface area contributed by atoms with E-state index in [1.807, 2.05) is 30.3 Å². The van der Waals surface area contributed by atoms with Gasteiger partial charge in [0.05, 0.1) is 13.2 Å². The van der Waals surface area contributed by atoms with Crippen LogP contribution in [0.3, 0.4) is 0 Å². The number of rotatable bonds is 3. The third kappa shape index (κ3) is 2.85. The number of benzene rings is 1. The van der Waals surface area contributed by atoms with Crippen LogP contribution in [0, 0.1) is 0 Å². The summed E-state index contributed by atoms with van der Waals surface area (Å²) in [6, 6.07) is 7.98. The lowest BCUT2D eigenvalue weighted by Gasteiger charge is -2.22.